The first-order chi connectivity index (χ1) is 4.38. The van der Waals surface area contributed by atoms with Gasteiger partial charge in [-0.25, -0.2) is 0 Å². The number of nitrogens with one attached hydrogen (secondary N) is 1. The highest BCUT2D eigenvalue weighted by Gasteiger charge is 1.97. The number of nitrogens with zero attached hydrogens (tertiary/aromatic N) is 2. The largest absolute Gasteiger partial charge is 0.296 e. The zero-order chi connectivity index (χ0) is 6.69. The minimum absolute atomic E-state index is 0.366. The summed E-state index contributed by atoms with van der Waals surface area (Å²) in [4.78, 5) is 13.6. The van der Waals surface area contributed by atoms with E-state index in [4.69, 9.17) is 0 Å². The summed E-state index contributed by atoms with van der Waals surface area (Å²) in [7, 11) is 0. The first kappa shape index (κ1) is 5.68. The van der Waals surface area contributed by atoms with Gasteiger partial charge in [-0.15, -0.1) is 0 Å². The van der Waals surface area contributed by atoms with Crippen molar-refractivity contribution in [2.24, 2.45) is 4.99 Å². The summed E-state index contributed by atoms with van der Waals surface area (Å²) < 4.78 is 0. The molecule has 1 heterocycles. The summed E-state index contributed by atoms with van der Waals surface area (Å²) in [5.74, 6) is 0. The molecule has 0 spiro atoms. The number of aromatic amines is 1. The maximum absolute atomic E-state index is 10.1. The third-order valence-electron chi connectivity index (χ3n) is 0.936. The van der Waals surface area contributed by atoms with Crippen LogP contribution in [0.25, 0.3) is 0 Å². The molecule has 0 bridgehead atoms. The minimum atomic E-state index is 0.366. The summed E-state index contributed by atoms with van der Waals surface area (Å²) in [6, 6.07) is 0. The molecule has 4 heteroatoms. The highest BCUT2D eigenvalue weighted by molar-refractivity contribution is 5.80. The van der Waals surface area contributed by atoms with E-state index in [9.17, 15) is 4.79 Å². The maximum atomic E-state index is 10.1. The van der Waals surface area contributed by atoms with Crippen molar-refractivity contribution >= 4 is 18.7 Å². The van der Waals surface area contributed by atoms with E-state index in [2.05, 4.69) is 21.9 Å². The van der Waals surface area contributed by atoms with Crippen molar-refractivity contribution in [3.63, 3.8) is 0 Å². The molecule has 0 aromatic carbocycles. The molecule has 1 aromatic heterocycles. The van der Waals surface area contributed by atoms with Gasteiger partial charge in [-0.2, -0.15) is 5.10 Å². The molecular formula is C5H5N3O. The van der Waals surface area contributed by atoms with Crippen molar-refractivity contribution in [2.75, 3.05) is 0 Å². The highest BCUT2D eigenvalue weighted by Crippen LogP contribution is 2.10. The summed E-state index contributed by atoms with van der Waals surface area (Å²) in [6.45, 7) is 3.24. The van der Waals surface area contributed by atoms with E-state index >= 15 is 0 Å². The summed E-state index contributed by atoms with van der Waals surface area (Å²) in [5, 5.41) is 6.03. The van der Waals surface area contributed by atoms with E-state index in [1.807, 2.05) is 0 Å². The molecule has 0 saturated carbocycles. The average molecular weight is 123 g/mol. The first-order valence-electron chi connectivity index (χ1n) is 2.33. The van der Waals surface area contributed by atoms with E-state index in [0.29, 0.717) is 17.7 Å². The molecule has 46 valence electrons. The Morgan fingerprint density at radius 1 is 1.89 bits per heavy atom. The van der Waals surface area contributed by atoms with E-state index in [0.717, 1.165) is 0 Å². The fraction of sp³-hybridized carbons (Fsp3) is 0. The second-order valence-corrected chi connectivity index (χ2v) is 1.44. The molecule has 0 unspecified atom stereocenters. The van der Waals surface area contributed by atoms with Crippen LogP contribution in [0.4, 0.5) is 5.69 Å². The molecule has 0 radical (unpaired) electrons. The van der Waals surface area contributed by atoms with Crippen LogP contribution in [-0.2, 0) is 0 Å². The number of aldehydes is 1. The summed E-state index contributed by atoms with van der Waals surface area (Å²) in [6.07, 6.45) is 2.09. The van der Waals surface area contributed by atoms with Crippen molar-refractivity contribution in [3.05, 3.63) is 11.9 Å². The van der Waals surface area contributed by atoms with E-state index in [1.165, 1.54) is 6.20 Å². The zero-order valence-corrected chi connectivity index (χ0v) is 4.66. The predicted octanol–water partition coefficient (Wildman–Crippen LogP) is 0.554. The van der Waals surface area contributed by atoms with Gasteiger partial charge in [-0.3, -0.25) is 14.9 Å². The topological polar surface area (TPSA) is 58.1 Å². The van der Waals surface area contributed by atoms with Crippen LogP contribution in [0.15, 0.2) is 11.2 Å². The number of H-pyrrole nitrogens is 1. The molecule has 0 aliphatic carbocycles. The quantitative estimate of drug-likeness (QED) is 0.461. The van der Waals surface area contributed by atoms with Crippen molar-refractivity contribution in [3.8, 4) is 0 Å². The fourth-order valence-electron chi connectivity index (χ4n) is 0.502. The lowest BCUT2D eigenvalue weighted by Gasteiger charge is -1.80. The Kier molecular flexibility index (Phi) is 1.40. The van der Waals surface area contributed by atoms with Gasteiger partial charge in [0.1, 0.15) is 11.4 Å². The van der Waals surface area contributed by atoms with Gasteiger partial charge in [0.15, 0.2) is 6.29 Å². The van der Waals surface area contributed by atoms with Crippen LogP contribution < -0.4 is 0 Å². The summed E-state index contributed by atoms with van der Waals surface area (Å²) >= 11 is 0. The maximum Gasteiger partial charge on any atom is 0.170 e. The van der Waals surface area contributed by atoms with Gasteiger partial charge in [0.05, 0.1) is 6.20 Å². The average Bonchev–Trinajstić information content (AvgIpc) is 2.33. The molecule has 4 nitrogen and oxygen atoms in total. The lowest BCUT2D eigenvalue weighted by atomic mass is 10.4. The smallest absolute Gasteiger partial charge is 0.170 e. The van der Waals surface area contributed by atoms with Gasteiger partial charge < -0.3 is 0 Å². The zero-order valence-electron chi connectivity index (χ0n) is 4.66. The van der Waals surface area contributed by atoms with Gasteiger partial charge in [-0.05, 0) is 6.72 Å². The SMILES string of the molecule is C=Nc1cn[nH]c1C=O. The normalized spacial score (nSPS) is 8.89. The summed E-state index contributed by atoms with van der Waals surface area (Å²) in [5.41, 5.74) is 0.856. The second kappa shape index (κ2) is 2.21. The van der Waals surface area contributed by atoms with Crippen LogP contribution >= 0.6 is 0 Å². The van der Waals surface area contributed by atoms with Gasteiger partial charge in [0.25, 0.3) is 0 Å². The van der Waals surface area contributed by atoms with E-state index in [1.54, 1.807) is 0 Å². The molecule has 1 aromatic rings. The molecule has 0 atom stereocenters. The molecule has 1 rings (SSSR count). The van der Waals surface area contributed by atoms with Crippen LogP contribution in [-0.4, -0.2) is 23.2 Å². The van der Waals surface area contributed by atoms with Crippen molar-refractivity contribution in [1.29, 1.82) is 0 Å². The van der Waals surface area contributed by atoms with Crippen molar-refractivity contribution in [2.45, 2.75) is 0 Å². The van der Waals surface area contributed by atoms with Crippen LogP contribution in [0.1, 0.15) is 10.5 Å². The number of aliphatic imine (C=N–C) groups is 1. The van der Waals surface area contributed by atoms with Crippen molar-refractivity contribution in [1.82, 2.24) is 10.2 Å². The van der Waals surface area contributed by atoms with Gasteiger partial charge in [0.2, 0.25) is 0 Å². The Bertz CT molecular complexity index is 205. The monoisotopic (exact) mass is 123 g/mol. The van der Waals surface area contributed by atoms with Crippen LogP contribution in [0.3, 0.4) is 0 Å². The lowest BCUT2D eigenvalue weighted by molar-refractivity contribution is 0.111. The van der Waals surface area contributed by atoms with E-state index < -0.39 is 0 Å². The Balaban J connectivity index is 3.12. The molecule has 1 N–H and O–H groups in total. The molecular weight excluding hydrogens is 118 g/mol. The molecule has 0 aliphatic rings. The minimum Gasteiger partial charge on any atom is -0.296 e. The standard InChI is InChI=1S/C5H5N3O/c1-6-4-2-7-8-5(4)3-9/h2-3H,1H2,(H,7,8). The molecule has 9 heavy (non-hydrogen) atoms. The number of hydrogen-bond acceptors (Lipinski definition) is 3. The van der Waals surface area contributed by atoms with Gasteiger partial charge >= 0.3 is 0 Å². The van der Waals surface area contributed by atoms with Crippen LogP contribution in [0.5, 0.6) is 0 Å². The molecule has 0 fully saturated rings. The van der Waals surface area contributed by atoms with Crippen LogP contribution in [0, 0.1) is 0 Å². The third-order valence-corrected chi connectivity index (χ3v) is 0.936. The Morgan fingerprint density at radius 3 is 3.11 bits per heavy atom. The van der Waals surface area contributed by atoms with Gasteiger partial charge in [0, 0.05) is 0 Å². The number of rotatable bonds is 2. The fourth-order valence-corrected chi connectivity index (χ4v) is 0.502. The Morgan fingerprint density at radius 2 is 2.67 bits per heavy atom. The van der Waals surface area contributed by atoms with Gasteiger partial charge in [-0.1, -0.05) is 0 Å². The molecule has 0 saturated heterocycles. The highest BCUT2D eigenvalue weighted by atomic mass is 16.1. The number of aromatic nitrogens is 2. The lowest BCUT2D eigenvalue weighted by Crippen LogP contribution is -1.77. The number of hydrogen-bond donors (Lipinski definition) is 1. The number of carbonyl (C=O) groups is 1. The Hall–Kier alpha value is -1.45. The Labute approximate surface area is 51.6 Å². The second-order valence-electron chi connectivity index (χ2n) is 1.44. The predicted molar refractivity (Wildman–Crippen MR) is 33.2 cm³/mol. The van der Waals surface area contributed by atoms with Crippen LogP contribution in [0.2, 0.25) is 0 Å². The molecule has 0 aliphatic heterocycles. The van der Waals surface area contributed by atoms with Crippen molar-refractivity contribution < 1.29 is 4.79 Å². The number of carbonyl (C=O) groups excluding carboxylic acids is 1. The third kappa shape index (κ3) is 0.861. The molecule has 0 amide bonds. The first-order valence-corrected chi connectivity index (χ1v) is 2.33. The van der Waals surface area contributed by atoms with E-state index in [-0.39, 0.29) is 0 Å².